The van der Waals surface area contributed by atoms with Crippen LogP contribution in [0, 0.1) is 0 Å². The normalized spacial score (nSPS) is 17.2. The highest BCUT2D eigenvalue weighted by Gasteiger charge is 2.04. The minimum atomic E-state index is 0.538. The average molecular weight is 129 g/mol. The van der Waals surface area contributed by atoms with Gasteiger partial charge in [0.05, 0.1) is 6.54 Å². The van der Waals surface area contributed by atoms with Gasteiger partial charge in [-0.1, -0.05) is 0 Å². The van der Waals surface area contributed by atoms with Crippen LogP contribution in [0.3, 0.4) is 0 Å². The summed E-state index contributed by atoms with van der Waals surface area (Å²) in [6, 6.07) is 0. The molecule has 0 fully saturated rings. The van der Waals surface area contributed by atoms with Gasteiger partial charge in [0, 0.05) is 6.61 Å². The first-order chi connectivity index (χ1) is 4.43. The highest BCUT2D eigenvalue weighted by molar-refractivity contribution is 5.78. The van der Waals surface area contributed by atoms with E-state index in [2.05, 4.69) is 4.99 Å². The molecule has 0 aromatic rings. The number of ether oxygens (including phenoxy) is 2. The van der Waals surface area contributed by atoms with Crippen LogP contribution < -0.4 is 0 Å². The Labute approximate surface area is 54.7 Å². The van der Waals surface area contributed by atoms with Gasteiger partial charge in [-0.2, -0.15) is 0 Å². The van der Waals surface area contributed by atoms with Crippen molar-refractivity contribution in [3.8, 4) is 0 Å². The molecule has 0 bridgehead atoms. The summed E-state index contributed by atoms with van der Waals surface area (Å²) in [6.45, 7) is 4.74. The van der Waals surface area contributed by atoms with Gasteiger partial charge in [0.1, 0.15) is 13.2 Å². The van der Waals surface area contributed by atoms with Crippen LogP contribution in [-0.2, 0) is 9.47 Å². The van der Waals surface area contributed by atoms with E-state index in [1.807, 2.05) is 6.92 Å². The minimum absolute atomic E-state index is 0.538. The molecule has 1 aliphatic rings. The molecule has 0 spiro atoms. The number of rotatable bonds is 3. The Hall–Kier alpha value is -0.570. The lowest BCUT2D eigenvalue weighted by atomic mass is 10.7. The molecule has 0 saturated carbocycles. The zero-order valence-corrected chi connectivity index (χ0v) is 5.59. The fourth-order valence-corrected chi connectivity index (χ4v) is 0.656. The van der Waals surface area contributed by atoms with Gasteiger partial charge < -0.3 is 9.47 Å². The van der Waals surface area contributed by atoms with Gasteiger partial charge in [-0.3, -0.25) is 4.99 Å². The summed E-state index contributed by atoms with van der Waals surface area (Å²) >= 11 is 0. The first kappa shape index (κ1) is 6.55. The van der Waals surface area contributed by atoms with Crippen molar-refractivity contribution in [1.82, 2.24) is 0 Å². The molecule has 0 unspecified atom stereocenters. The van der Waals surface area contributed by atoms with Gasteiger partial charge in [0.2, 0.25) is 5.90 Å². The molecule has 3 heteroatoms. The zero-order chi connectivity index (χ0) is 6.53. The SMILES string of the molecule is CCOCC1=NCCO1. The fraction of sp³-hybridized carbons (Fsp3) is 0.833. The first-order valence-electron chi connectivity index (χ1n) is 3.17. The molecule has 0 N–H and O–H groups in total. The van der Waals surface area contributed by atoms with Crippen molar-refractivity contribution < 1.29 is 9.47 Å². The lowest BCUT2D eigenvalue weighted by Gasteiger charge is -1.99. The van der Waals surface area contributed by atoms with Gasteiger partial charge in [-0.15, -0.1) is 0 Å². The molecular weight excluding hydrogens is 118 g/mol. The summed E-state index contributed by atoms with van der Waals surface area (Å²) in [5, 5.41) is 0. The maximum absolute atomic E-state index is 5.08. The van der Waals surface area contributed by atoms with Crippen LogP contribution in [0.4, 0.5) is 0 Å². The van der Waals surface area contributed by atoms with Gasteiger partial charge >= 0.3 is 0 Å². The number of hydrogen-bond acceptors (Lipinski definition) is 3. The third-order valence-corrected chi connectivity index (χ3v) is 1.08. The second-order valence-corrected chi connectivity index (χ2v) is 1.76. The molecule has 3 nitrogen and oxygen atoms in total. The maximum atomic E-state index is 5.08. The van der Waals surface area contributed by atoms with Gasteiger partial charge in [0.25, 0.3) is 0 Å². The topological polar surface area (TPSA) is 30.8 Å². The van der Waals surface area contributed by atoms with Crippen LogP contribution in [0.5, 0.6) is 0 Å². The second-order valence-electron chi connectivity index (χ2n) is 1.76. The molecule has 0 amide bonds. The number of hydrogen-bond donors (Lipinski definition) is 0. The van der Waals surface area contributed by atoms with E-state index in [0.717, 1.165) is 25.7 Å². The predicted molar refractivity (Wildman–Crippen MR) is 34.7 cm³/mol. The monoisotopic (exact) mass is 129 g/mol. The number of aliphatic imine (C=N–C) groups is 1. The molecule has 0 aromatic heterocycles. The highest BCUT2D eigenvalue weighted by Crippen LogP contribution is 1.93. The van der Waals surface area contributed by atoms with Crippen molar-refractivity contribution in [2.24, 2.45) is 4.99 Å². The first-order valence-corrected chi connectivity index (χ1v) is 3.17. The van der Waals surface area contributed by atoms with Crippen LogP contribution in [0.15, 0.2) is 4.99 Å². The molecule has 0 radical (unpaired) electrons. The van der Waals surface area contributed by atoms with Gasteiger partial charge in [-0.05, 0) is 6.92 Å². The van der Waals surface area contributed by atoms with Crippen molar-refractivity contribution in [1.29, 1.82) is 0 Å². The summed E-state index contributed by atoms with van der Waals surface area (Å²) in [5.41, 5.74) is 0. The molecular formula is C6H11NO2. The van der Waals surface area contributed by atoms with Crippen molar-refractivity contribution in [2.45, 2.75) is 6.92 Å². The van der Waals surface area contributed by atoms with Crippen molar-refractivity contribution >= 4 is 5.90 Å². The smallest absolute Gasteiger partial charge is 0.210 e. The van der Waals surface area contributed by atoms with E-state index in [0.29, 0.717) is 6.61 Å². The van der Waals surface area contributed by atoms with E-state index < -0.39 is 0 Å². The third kappa shape index (κ3) is 2.01. The van der Waals surface area contributed by atoms with E-state index in [1.54, 1.807) is 0 Å². The lowest BCUT2D eigenvalue weighted by Crippen LogP contribution is -2.08. The van der Waals surface area contributed by atoms with Crippen LogP contribution in [0.25, 0.3) is 0 Å². The standard InChI is InChI=1S/C6H11NO2/c1-2-8-5-6-7-3-4-9-6/h2-5H2,1H3. The summed E-state index contributed by atoms with van der Waals surface area (Å²) < 4.78 is 10.1. The Bertz CT molecular complexity index is 112. The maximum Gasteiger partial charge on any atom is 0.210 e. The summed E-state index contributed by atoms with van der Waals surface area (Å²) in [5.74, 6) is 0.747. The number of nitrogens with zero attached hydrogens (tertiary/aromatic N) is 1. The van der Waals surface area contributed by atoms with E-state index in [4.69, 9.17) is 9.47 Å². The van der Waals surface area contributed by atoms with E-state index in [9.17, 15) is 0 Å². The summed E-state index contributed by atoms with van der Waals surface area (Å²) in [4.78, 5) is 4.04. The Balaban J connectivity index is 2.11. The molecule has 9 heavy (non-hydrogen) atoms. The van der Waals surface area contributed by atoms with Gasteiger partial charge in [0.15, 0.2) is 0 Å². The molecule has 1 aliphatic heterocycles. The third-order valence-electron chi connectivity index (χ3n) is 1.08. The molecule has 0 aliphatic carbocycles. The molecule has 0 saturated heterocycles. The van der Waals surface area contributed by atoms with Crippen molar-refractivity contribution in [3.05, 3.63) is 0 Å². The minimum Gasteiger partial charge on any atom is -0.477 e. The van der Waals surface area contributed by atoms with Crippen molar-refractivity contribution in [2.75, 3.05) is 26.4 Å². The molecule has 1 heterocycles. The average Bonchev–Trinajstić information content (AvgIpc) is 2.34. The summed E-state index contributed by atoms with van der Waals surface area (Å²) in [7, 11) is 0. The molecule has 0 aromatic carbocycles. The molecule has 52 valence electrons. The van der Waals surface area contributed by atoms with Crippen LogP contribution in [-0.4, -0.2) is 32.3 Å². The quantitative estimate of drug-likeness (QED) is 0.554. The Morgan fingerprint density at radius 1 is 1.78 bits per heavy atom. The van der Waals surface area contributed by atoms with Crippen LogP contribution in [0.2, 0.25) is 0 Å². The Morgan fingerprint density at radius 3 is 3.22 bits per heavy atom. The van der Waals surface area contributed by atoms with Gasteiger partial charge in [-0.25, -0.2) is 0 Å². The van der Waals surface area contributed by atoms with E-state index >= 15 is 0 Å². The Morgan fingerprint density at radius 2 is 2.67 bits per heavy atom. The van der Waals surface area contributed by atoms with Crippen LogP contribution in [0.1, 0.15) is 6.92 Å². The summed E-state index contributed by atoms with van der Waals surface area (Å²) in [6.07, 6.45) is 0. The van der Waals surface area contributed by atoms with Crippen LogP contribution >= 0.6 is 0 Å². The van der Waals surface area contributed by atoms with E-state index in [-0.39, 0.29) is 0 Å². The lowest BCUT2D eigenvalue weighted by molar-refractivity contribution is 0.168. The fourth-order valence-electron chi connectivity index (χ4n) is 0.656. The second kappa shape index (κ2) is 3.45. The van der Waals surface area contributed by atoms with E-state index in [1.165, 1.54) is 0 Å². The Kier molecular flexibility index (Phi) is 2.51. The molecule has 1 rings (SSSR count). The molecule has 0 atom stereocenters. The largest absolute Gasteiger partial charge is 0.477 e. The highest BCUT2D eigenvalue weighted by atomic mass is 16.5. The zero-order valence-electron chi connectivity index (χ0n) is 5.59. The predicted octanol–water partition coefficient (Wildman–Crippen LogP) is 0.452. The van der Waals surface area contributed by atoms with Crippen molar-refractivity contribution in [3.63, 3.8) is 0 Å².